The fourth-order valence-electron chi connectivity index (χ4n) is 1.65. The third-order valence-corrected chi connectivity index (χ3v) is 2.92. The van der Waals surface area contributed by atoms with Gasteiger partial charge in [0, 0.05) is 0 Å². The Morgan fingerprint density at radius 1 is 0.739 bits per heavy atom. The van der Waals surface area contributed by atoms with E-state index in [-0.39, 0.29) is 11.1 Å². The predicted molar refractivity (Wildman–Crippen MR) is 92.0 cm³/mol. The molecule has 0 saturated carbocycles. The highest BCUT2D eigenvalue weighted by Gasteiger charge is 2.14. The molecule has 0 unspecified atom stereocenters. The lowest BCUT2D eigenvalue weighted by Gasteiger charge is -2.03. The Bertz CT molecular complexity index is 761. The van der Waals surface area contributed by atoms with Crippen molar-refractivity contribution in [2.45, 2.75) is 0 Å². The molecule has 2 rings (SSSR count). The first kappa shape index (κ1) is 16.5. The normalized spacial score (nSPS) is 9.22. The first-order chi connectivity index (χ1) is 11.1. The number of rotatable bonds is 4. The summed E-state index contributed by atoms with van der Waals surface area (Å²) in [7, 11) is 0. The summed E-state index contributed by atoms with van der Waals surface area (Å²) in [6.07, 6.45) is 0. The third-order valence-electron chi connectivity index (χ3n) is 2.74. The van der Waals surface area contributed by atoms with Crippen molar-refractivity contribution < 1.29 is 14.3 Å². The number of isothiocyanates is 2. The summed E-state index contributed by atoms with van der Waals surface area (Å²) in [6.45, 7) is 0. The summed E-state index contributed by atoms with van der Waals surface area (Å²) in [5.74, 6) is -1.51. The summed E-state index contributed by atoms with van der Waals surface area (Å²) < 4.78 is 4.81. The molecule has 2 aromatic rings. The molecule has 7 heteroatoms. The molecule has 0 fully saturated rings. The highest BCUT2D eigenvalue weighted by atomic mass is 32.1. The van der Waals surface area contributed by atoms with Crippen LogP contribution in [0.15, 0.2) is 58.5 Å². The lowest BCUT2D eigenvalue weighted by atomic mass is 10.2. The van der Waals surface area contributed by atoms with Gasteiger partial charge in [-0.2, -0.15) is 9.98 Å². The van der Waals surface area contributed by atoms with E-state index in [1.54, 1.807) is 24.3 Å². The van der Waals surface area contributed by atoms with Crippen LogP contribution in [-0.4, -0.2) is 22.3 Å². The topological polar surface area (TPSA) is 68.1 Å². The maximum absolute atomic E-state index is 11.9. The van der Waals surface area contributed by atoms with Crippen molar-refractivity contribution in [2.24, 2.45) is 9.98 Å². The summed E-state index contributed by atoms with van der Waals surface area (Å²) >= 11 is 8.97. The zero-order valence-corrected chi connectivity index (χ0v) is 13.2. The van der Waals surface area contributed by atoms with Crippen molar-refractivity contribution in [3.05, 3.63) is 59.7 Å². The van der Waals surface area contributed by atoms with E-state index in [0.29, 0.717) is 11.4 Å². The first-order valence-corrected chi connectivity index (χ1v) is 7.08. The fourth-order valence-corrected chi connectivity index (χ4v) is 1.86. The average molecular weight is 340 g/mol. The quantitative estimate of drug-likeness (QED) is 0.362. The molecule has 0 N–H and O–H groups in total. The number of carbonyl (C=O) groups excluding carboxylic acids is 2. The number of nitrogens with zero attached hydrogens (tertiary/aromatic N) is 2. The second kappa shape index (κ2) is 7.98. The van der Waals surface area contributed by atoms with Crippen molar-refractivity contribution >= 4 is 58.1 Å². The summed E-state index contributed by atoms with van der Waals surface area (Å²) in [5, 5.41) is 4.44. The molecule has 0 aliphatic rings. The maximum Gasteiger partial charge on any atom is 0.346 e. The number of hydrogen-bond acceptors (Lipinski definition) is 7. The molecule has 0 radical (unpaired) electrons. The minimum Gasteiger partial charge on any atom is -0.386 e. The average Bonchev–Trinajstić information content (AvgIpc) is 2.56. The van der Waals surface area contributed by atoms with Crippen LogP contribution in [-0.2, 0) is 4.74 Å². The molecule has 0 aromatic heterocycles. The van der Waals surface area contributed by atoms with Gasteiger partial charge in [-0.05, 0) is 73.0 Å². The van der Waals surface area contributed by atoms with E-state index in [4.69, 9.17) is 4.74 Å². The van der Waals surface area contributed by atoms with Gasteiger partial charge < -0.3 is 4.74 Å². The smallest absolute Gasteiger partial charge is 0.346 e. The zero-order valence-electron chi connectivity index (χ0n) is 11.6. The van der Waals surface area contributed by atoms with Crippen molar-refractivity contribution in [1.82, 2.24) is 0 Å². The Balaban J connectivity index is 2.08. The maximum atomic E-state index is 11.9. The van der Waals surface area contributed by atoms with Crippen LogP contribution in [0, 0.1) is 0 Å². The molecule has 0 aliphatic carbocycles. The molecule has 23 heavy (non-hydrogen) atoms. The molecule has 0 heterocycles. The highest BCUT2D eigenvalue weighted by Crippen LogP contribution is 2.15. The number of esters is 2. The molecule has 0 amide bonds. The molecule has 0 saturated heterocycles. The SMILES string of the molecule is O=C(OC(=O)c1ccc(N=C=S)cc1)c1ccc(N=C=S)cc1. The summed E-state index contributed by atoms with van der Waals surface area (Å²) in [5.41, 5.74) is 1.56. The Morgan fingerprint density at radius 2 is 1.09 bits per heavy atom. The zero-order chi connectivity index (χ0) is 16.7. The second-order valence-electron chi connectivity index (χ2n) is 4.18. The number of hydrogen-bond donors (Lipinski definition) is 0. The highest BCUT2D eigenvalue weighted by molar-refractivity contribution is 7.78. The van der Waals surface area contributed by atoms with Gasteiger partial charge in [0.05, 0.1) is 32.8 Å². The first-order valence-electron chi connectivity index (χ1n) is 6.26. The van der Waals surface area contributed by atoms with E-state index < -0.39 is 11.9 Å². The molecule has 2 aromatic carbocycles. The fraction of sp³-hybridized carbons (Fsp3) is 0. The van der Waals surface area contributed by atoms with Gasteiger partial charge in [0.2, 0.25) is 0 Å². The Morgan fingerprint density at radius 3 is 1.39 bits per heavy atom. The second-order valence-corrected chi connectivity index (χ2v) is 4.54. The molecule has 112 valence electrons. The largest absolute Gasteiger partial charge is 0.386 e. The van der Waals surface area contributed by atoms with Crippen molar-refractivity contribution in [3.63, 3.8) is 0 Å². The Hall–Kier alpha value is -2.82. The van der Waals surface area contributed by atoms with E-state index in [1.807, 2.05) is 0 Å². The van der Waals surface area contributed by atoms with Gasteiger partial charge in [-0.3, -0.25) is 0 Å². The lowest BCUT2D eigenvalue weighted by Crippen LogP contribution is -2.12. The van der Waals surface area contributed by atoms with Crippen molar-refractivity contribution in [2.75, 3.05) is 0 Å². The molecule has 0 spiro atoms. The minimum absolute atomic E-state index is 0.226. The molecule has 0 atom stereocenters. The van der Waals surface area contributed by atoms with Crippen molar-refractivity contribution in [1.29, 1.82) is 0 Å². The number of aliphatic imine (C=N–C) groups is 2. The van der Waals surface area contributed by atoms with Gasteiger partial charge in [0.25, 0.3) is 0 Å². The molecular weight excluding hydrogens is 332 g/mol. The molecular formula is C16H8N2O3S2. The van der Waals surface area contributed by atoms with Gasteiger partial charge in [-0.1, -0.05) is 0 Å². The van der Waals surface area contributed by atoms with E-state index in [0.717, 1.165) is 0 Å². The Labute approximate surface area is 142 Å². The van der Waals surface area contributed by atoms with Crippen LogP contribution in [0.2, 0.25) is 0 Å². The van der Waals surface area contributed by atoms with Crippen LogP contribution in [0.5, 0.6) is 0 Å². The summed E-state index contributed by atoms with van der Waals surface area (Å²) in [6, 6.07) is 12.2. The van der Waals surface area contributed by atoms with E-state index >= 15 is 0 Å². The molecule has 0 aliphatic heterocycles. The van der Waals surface area contributed by atoms with Crippen LogP contribution >= 0.6 is 24.4 Å². The van der Waals surface area contributed by atoms with Crippen LogP contribution in [0.3, 0.4) is 0 Å². The van der Waals surface area contributed by atoms with E-state index in [2.05, 4.69) is 44.7 Å². The summed E-state index contributed by atoms with van der Waals surface area (Å²) in [4.78, 5) is 31.4. The van der Waals surface area contributed by atoms with Gasteiger partial charge in [-0.15, -0.1) is 0 Å². The van der Waals surface area contributed by atoms with Crippen LogP contribution in [0.25, 0.3) is 0 Å². The number of ether oxygens (including phenoxy) is 1. The van der Waals surface area contributed by atoms with E-state index in [9.17, 15) is 9.59 Å². The van der Waals surface area contributed by atoms with Crippen molar-refractivity contribution in [3.8, 4) is 0 Å². The third kappa shape index (κ3) is 4.57. The van der Waals surface area contributed by atoms with Gasteiger partial charge in [0.1, 0.15) is 0 Å². The monoisotopic (exact) mass is 340 g/mol. The van der Waals surface area contributed by atoms with Gasteiger partial charge in [-0.25, -0.2) is 9.59 Å². The Kier molecular flexibility index (Phi) is 5.74. The number of thiocarbonyl (C=S) groups is 2. The van der Waals surface area contributed by atoms with Gasteiger partial charge >= 0.3 is 11.9 Å². The molecule has 5 nitrogen and oxygen atoms in total. The van der Waals surface area contributed by atoms with Crippen LogP contribution < -0.4 is 0 Å². The predicted octanol–water partition coefficient (Wildman–Crippen LogP) is 4.15. The van der Waals surface area contributed by atoms with Crippen LogP contribution in [0.1, 0.15) is 20.7 Å². The minimum atomic E-state index is -0.756. The molecule has 0 bridgehead atoms. The van der Waals surface area contributed by atoms with E-state index in [1.165, 1.54) is 24.3 Å². The number of benzene rings is 2. The number of carbonyl (C=O) groups is 2. The van der Waals surface area contributed by atoms with Gasteiger partial charge in [0.15, 0.2) is 0 Å². The van der Waals surface area contributed by atoms with Crippen LogP contribution in [0.4, 0.5) is 11.4 Å². The standard InChI is InChI=1S/C16H8N2O3S2/c19-15(11-1-5-13(6-2-11)17-9-22)21-16(20)12-3-7-14(8-4-12)18-10-23/h1-8H. The lowest BCUT2D eigenvalue weighted by molar-refractivity contribution is 0.0398.